The molecule has 1 aliphatic rings. The van der Waals surface area contributed by atoms with Crippen LogP contribution in [-0.4, -0.2) is 9.97 Å². The van der Waals surface area contributed by atoms with E-state index in [1.54, 1.807) is 0 Å². The second-order valence-electron chi connectivity index (χ2n) is 16.1. The molecule has 12 rings (SSSR count). The molecule has 0 fully saturated rings. The van der Waals surface area contributed by atoms with Gasteiger partial charge in [-0.25, -0.2) is 9.97 Å². The molecule has 290 valence electrons. The van der Waals surface area contributed by atoms with Crippen LogP contribution in [0.25, 0.3) is 87.5 Å². The van der Waals surface area contributed by atoms with Gasteiger partial charge in [0.2, 0.25) is 0 Å². The molecule has 3 heteroatoms. The van der Waals surface area contributed by atoms with Crippen LogP contribution in [0.15, 0.2) is 231 Å². The fraction of sp³-hybridized carbons (Fsp3) is 0.0169. The molecular formula is C59H38N2S. The highest BCUT2D eigenvalue weighted by Gasteiger charge is 2.46. The van der Waals surface area contributed by atoms with E-state index in [-0.39, 0.29) is 0 Å². The van der Waals surface area contributed by atoms with Crippen LogP contribution in [0.5, 0.6) is 0 Å². The average molecular weight is 807 g/mol. The van der Waals surface area contributed by atoms with E-state index < -0.39 is 5.41 Å². The van der Waals surface area contributed by atoms with Crippen molar-refractivity contribution in [1.82, 2.24) is 9.97 Å². The molecule has 9 aromatic carbocycles. The lowest BCUT2D eigenvalue weighted by Crippen LogP contribution is -2.28. The third-order valence-electron chi connectivity index (χ3n) is 12.6. The Bertz CT molecular complexity index is 3410. The second-order valence-corrected chi connectivity index (χ2v) is 17.2. The van der Waals surface area contributed by atoms with Crippen LogP contribution in [0.3, 0.4) is 0 Å². The summed E-state index contributed by atoms with van der Waals surface area (Å²) in [6.45, 7) is 0. The molecule has 0 spiro atoms. The zero-order valence-electron chi connectivity index (χ0n) is 33.7. The Hall–Kier alpha value is -7.72. The van der Waals surface area contributed by atoms with E-state index in [0.717, 1.165) is 44.8 Å². The van der Waals surface area contributed by atoms with Crippen molar-refractivity contribution in [3.63, 3.8) is 0 Å². The maximum atomic E-state index is 5.35. The van der Waals surface area contributed by atoms with Gasteiger partial charge in [-0.1, -0.05) is 188 Å². The molecule has 2 aromatic heterocycles. The summed E-state index contributed by atoms with van der Waals surface area (Å²) >= 11 is 1.85. The third-order valence-corrected chi connectivity index (χ3v) is 13.7. The summed E-state index contributed by atoms with van der Waals surface area (Å²) in [5, 5.41) is 2.60. The lowest BCUT2D eigenvalue weighted by molar-refractivity contribution is 0.768. The lowest BCUT2D eigenvalue weighted by Gasteiger charge is -2.33. The number of aromatic nitrogens is 2. The quantitative estimate of drug-likeness (QED) is 0.160. The first-order chi connectivity index (χ1) is 30.7. The third kappa shape index (κ3) is 5.93. The molecule has 0 radical (unpaired) electrons. The normalized spacial score (nSPS) is 12.6. The van der Waals surface area contributed by atoms with Gasteiger partial charge in [-0.3, -0.25) is 0 Å². The predicted molar refractivity (Wildman–Crippen MR) is 259 cm³/mol. The Morgan fingerprint density at radius 3 is 1.56 bits per heavy atom. The van der Waals surface area contributed by atoms with Gasteiger partial charge in [-0.15, -0.1) is 11.3 Å². The smallest absolute Gasteiger partial charge is 0.160 e. The number of rotatable bonds is 7. The van der Waals surface area contributed by atoms with E-state index >= 15 is 0 Å². The van der Waals surface area contributed by atoms with Crippen molar-refractivity contribution in [3.05, 3.63) is 253 Å². The first-order valence-electron chi connectivity index (χ1n) is 21.1. The van der Waals surface area contributed by atoms with Crippen LogP contribution in [0.1, 0.15) is 22.3 Å². The standard InChI is InChI=1S/C59H38N2S/c1-5-17-39(18-6-1)43-33-44(41-29-31-50-49-26-14-16-28-56(49)62-57(50)37-41)35-45(34-43)55-38-54(60-58(61-55)40-19-7-2-8-20-40)42-30-32-53-51(36-42)48-25-13-15-27-52(48)59(53,46-21-9-3-10-22-46)47-23-11-4-12-24-47/h1-38H. The summed E-state index contributed by atoms with van der Waals surface area (Å²) in [7, 11) is 0. The van der Waals surface area contributed by atoms with Crippen molar-refractivity contribution in [3.8, 4) is 67.3 Å². The lowest BCUT2D eigenvalue weighted by atomic mass is 9.67. The number of hydrogen-bond donors (Lipinski definition) is 0. The molecule has 11 aromatic rings. The summed E-state index contributed by atoms with van der Waals surface area (Å²) in [5.74, 6) is 0.695. The highest BCUT2D eigenvalue weighted by atomic mass is 32.1. The number of thiophene rings is 1. The zero-order chi connectivity index (χ0) is 41.0. The number of hydrogen-bond acceptors (Lipinski definition) is 3. The van der Waals surface area contributed by atoms with E-state index in [0.29, 0.717) is 5.82 Å². The minimum atomic E-state index is -0.466. The molecule has 0 N–H and O–H groups in total. The van der Waals surface area contributed by atoms with Gasteiger partial charge in [-0.2, -0.15) is 0 Å². The average Bonchev–Trinajstić information content (AvgIpc) is 3.88. The summed E-state index contributed by atoms with van der Waals surface area (Å²) < 4.78 is 2.59. The fourth-order valence-corrected chi connectivity index (χ4v) is 10.9. The number of fused-ring (bicyclic) bond motifs is 6. The maximum Gasteiger partial charge on any atom is 0.160 e. The highest BCUT2D eigenvalue weighted by Crippen LogP contribution is 2.56. The molecule has 0 saturated heterocycles. The van der Waals surface area contributed by atoms with Crippen molar-refractivity contribution < 1.29 is 0 Å². The molecule has 0 aliphatic heterocycles. The Morgan fingerprint density at radius 2 is 0.839 bits per heavy atom. The molecule has 0 atom stereocenters. The Balaban J connectivity index is 1.06. The van der Waals surface area contributed by atoms with Gasteiger partial charge >= 0.3 is 0 Å². The summed E-state index contributed by atoms with van der Waals surface area (Å²) in [6, 6.07) is 83.5. The number of nitrogens with zero attached hydrogens (tertiary/aromatic N) is 2. The summed E-state index contributed by atoms with van der Waals surface area (Å²) in [4.78, 5) is 10.7. The minimum absolute atomic E-state index is 0.466. The van der Waals surface area contributed by atoms with Crippen molar-refractivity contribution in [2.24, 2.45) is 0 Å². The Morgan fingerprint density at radius 1 is 0.306 bits per heavy atom. The molecule has 0 unspecified atom stereocenters. The van der Waals surface area contributed by atoms with Gasteiger partial charge in [0.1, 0.15) is 0 Å². The monoisotopic (exact) mass is 806 g/mol. The Kier molecular flexibility index (Phi) is 8.62. The van der Waals surface area contributed by atoms with Gasteiger partial charge in [-0.05, 0) is 98.1 Å². The van der Waals surface area contributed by atoms with Crippen LogP contribution in [0.4, 0.5) is 0 Å². The second kappa shape index (κ2) is 14.8. The van der Waals surface area contributed by atoms with Crippen molar-refractivity contribution in [2.75, 3.05) is 0 Å². The van der Waals surface area contributed by atoms with Crippen molar-refractivity contribution in [1.29, 1.82) is 0 Å². The van der Waals surface area contributed by atoms with Crippen LogP contribution < -0.4 is 0 Å². The highest BCUT2D eigenvalue weighted by molar-refractivity contribution is 7.25. The number of benzene rings is 9. The molecule has 0 bridgehead atoms. The van der Waals surface area contributed by atoms with Crippen LogP contribution in [-0.2, 0) is 5.41 Å². The van der Waals surface area contributed by atoms with Crippen molar-refractivity contribution >= 4 is 31.5 Å². The molecule has 1 aliphatic carbocycles. The largest absolute Gasteiger partial charge is 0.228 e. The van der Waals surface area contributed by atoms with Gasteiger partial charge in [0.15, 0.2) is 5.82 Å². The SMILES string of the molecule is c1ccc(-c2cc(-c3ccc4c(c3)sc3ccccc34)cc(-c3cc(-c4ccc5c(c4)-c4ccccc4C5(c4ccccc4)c4ccccc4)nc(-c4ccccc4)n3)c2)cc1. The molecule has 2 nitrogen and oxygen atoms in total. The van der Waals surface area contributed by atoms with E-state index in [2.05, 4.69) is 224 Å². The maximum absolute atomic E-state index is 5.35. The molecule has 62 heavy (non-hydrogen) atoms. The van der Waals surface area contributed by atoms with Gasteiger partial charge in [0.25, 0.3) is 0 Å². The first-order valence-corrected chi connectivity index (χ1v) is 22.0. The summed E-state index contributed by atoms with van der Waals surface area (Å²) in [6.07, 6.45) is 0. The van der Waals surface area contributed by atoms with Gasteiger partial charge < -0.3 is 0 Å². The molecule has 0 amide bonds. The van der Waals surface area contributed by atoms with E-state index in [9.17, 15) is 0 Å². The topological polar surface area (TPSA) is 25.8 Å². The van der Waals surface area contributed by atoms with Crippen LogP contribution in [0.2, 0.25) is 0 Å². The van der Waals surface area contributed by atoms with Crippen LogP contribution >= 0.6 is 11.3 Å². The van der Waals surface area contributed by atoms with Gasteiger partial charge in [0, 0.05) is 36.9 Å². The zero-order valence-corrected chi connectivity index (χ0v) is 34.6. The fourth-order valence-electron chi connectivity index (χ4n) is 9.71. The van der Waals surface area contributed by atoms with Crippen LogP contribution in [0, 0.1) is 0 Å². The molecular weight excluding hydrogens is 769 g/mol. The Labute approximate surface area is 365 Å². The van der Waals surface area contributed by atoms with E-state index in [1.165, 1.54) is 59.1 Å². The molecule has 0 saturated carbocycles. The van der Waals surface area contributed by atoms with E-state index in [4.69, 9.17) is 9.97 Å². The predicted octanol–water partition coefficient (Wildman–Crippen LogP) is 15.5. The van der Waals surface area contributed by atoms with Crippen molar-refractivity contribution in [2.45, 2.75) is 5.41 Å². The molecule has 2 heterocycles. The first kappa shape index (κ1) is 36.2. The minimum Gasteiger partial charge on any atom is -0.228 e. The van der Waals surface area contributed by atoms with E-state index in [1.807, 2.05) is 17.4 Å². The summed E-state index contributed by atoms with van der Waals surface area (Å²) in [5.41, 5.74) is 16.5. The van der Waals surface area contributed by atoms with Gasteiger partial charge in [0.05, 0.1) is 16.8 Å².